The van der Waals surface area contributed by atoms with Crippen molar-refractivity contribution in [1.82, 2.24) is 20.0 Å². The molecule has 118 valence electrons. The van der Waals surface area contributed by atoms with Crippen LogP contribution in [-0.2, 0) is 6.54 Å². The van der Waals surface area contributed by atoms with Crippen molar-refractivity contribution in [2.75, 3.05) is 31.9 Å². The van der Waals surface area contributed by atoms with Gasteiger partial charge in [-0.05, 0) is 45.7 Å². The molecule has 2 heterocycles. The van der Waals surface area contributed by atoms with E-state index in [1.807, 2.05) is 13.8 Å². The molecule has 1 aromatic heterocycles. The molecule has 1 fully saturated rings. The van der Waals surface area contributed by atoms with Crippen LogP contribution in [0.4, 0.5) is 5.69 Å². The number of aryl methyl sites for hydroxylation is 2. The minimum atomic E-state index is -0.125. The Labute approximate surface area is 126 Å². The highest BCUT2D eigenvalue weighted by molar-refractivity contribution is 5.97. The Morgan fingerprint density at radius 3 is 2.71 bits per heavy atom. The molecule has 1 aliphatic rings. The second-order valence-corrected chi connectivity index (χ2v) is 5.94. The Morgan fingerprint density at radius 1 is 1.43 bits per heavy atom. The number of nitrogens with zero attached hydrogens (tertiary/aromatic N) is 3. The molecule has 2 rings (SSSR count). The first kappa shape index (κ1) is 15.8. The number of carbonyl (C=O) groups is 1. The molecule has 1 amide bonds. The number of piperidine rings is 1. The lowest BCUT2D eigenvalue weighted by molar-refractivity contribution is 0.0935. The van der Waals surface area contributed by atoms with Crippen LogP contribution in [0, 0.1) is 12.8 Å². The summed E-state index contributed by atoms with van der Waals surface area (Å²) < 4.78 is 1.67. The Balaban J connectivity index is 1.85. The van der Waals surface area contributed by atoms with Crippen LogP contribution >= 0.6 is 0 Å². The summed E-state index contributed by atoms with van der Waals surface area (Å²) in [6, 6.07) is 0. The number of carbonyl (C=O) groups excluding carboxylic acids is 1. The highest BCUT2D eigenvalue weighted by atomic mass is 16.2. The fourth-order valence-corrected chi connectivity index (χ4v) is 2.76. The lowest BCUT2D eigenvalue weighted by Crippen LogP contribution is -2.39. The number of nitrogen functional groups attached to an aromatic ring is 1. The molecule has 0 radical (unpaired) electrons. The maximum absolute atomic E-state index is 12.3. The molecule has 1 saturated heterocycles. The Kier molecular flexibility index (Phi) is 5.22. The fraction of sp³-hybridized carbons (Fsp3) is 0.733. The largest absolute Gasteiger partial charge is 0.395 e. The molecule has 0 unspecified atom stereocenters. The van der Waals surface area contributed by atoms with Gasteiger partial charge in [-0.3, -0.25) is 9.48 Å². The summed E-state index contributed by atoms with van der Waals surface area (Å²) >= 11 is 0. The van der Waals surface area contributed by atoms with Gasteiger partial charge in [-0.2, -0.15) is 5.10 Å². The Morgan fingerprint density at radius 2 is 2.10 bits per heavy atom. The number of anilines is 1. The van der Waals surface area contributed by atoms with Gasteiger partial charge in [0.15, 0.2) is 0 Å². The van der Waals surface area contributed by atoms with Crippen molar-refractivity contribution < 1.29 is 4.79 Å². The van der Waals surface area contributed by atoms with Crippen molar-refractivity contribution >= 4 is 11.6 Å². The molecule has 6 heteroatoms. The number of hydrogen-bond donors (Lipinski definition) is 2. The van der Waals surface area contributed by atoms with Gasteiger partial charge in [0.05, 0.1) is 11.4 Å². The van der Waals surface area contributed by atoms with E-state index in [-0.39, 0.29) is 5.91 Å². The van der Waals surface area contributed by atoms with Gasteiger partial charge in [-0.1, -0.05) is 6.92 Å². The van der Waals surface area contributed by atoms with Crippen LogP contribution < -0.4 is 11.1 Å². The van der Waals surface area contributed by atoms with Crippen LogP contribution in [0.3, 0.4) is 0 Å². The maximum atomic E-state index is 12.3. The standard InChI is InChI=1S/C15H27N5O/c1-4-20-14(13(16)12(3)18-20)15(21)17-7-10-19-8-5-11(2)6-9-19/h11H,4-10,16H2,1-3H3,(H,17,21). The zero-order valence-corrected chi connectivity index (χ0v) is 13.4. The molecule has 1 aromatic rings. The summed E-state index contributed by atoms with van der Waals surface area (Å²) in [5.74, 6) is 0.706. The molecule has 1 aliphatic heterocycles. The first-order chi connectivity index (χ1) is 10.0. The number of rotatable bonds is 5. The summed E-state index contributed by atoms with van der Waals surface area (Å²) in [4.78, 5) is 14.7. The van der Waals surface area contributed by atoms with Gasteiger partial charge in [0.25, 0.3) is 5.91 Å². The molecule has 21 heavy (non-hydrogen) atoms. The molecule has 0 bridgehead atoms. The third-order valence-electron chi connectivity index (χ3n) is 4.28. The summed E-state index contributed by atoms with van der Waals surface area (Å²) in [6.45, 7) is 10.5. The predicted octanol–water partition coefficient (Wildman–Crippen LogP) is 1.26. The molecule has 0 atom stereocenters. The van der Waals surface area contributed by atoms with Gasteiger partial charge in [-0.15, -0.1) is 0 Å². The number of nitrogens with one attached hydrogen (secondary N) is 1. The highest BCUT2D eigenvalue weighted by Gasteiger charge is 2.19. The number of amides is 1. The first-order valence-corrected chi connectivity index (χ1v) is 7.86. The van der Waals surface area contributed by atoms with Gasteiger partial charge in [0.1, 0.15) is 5.69 Å². The molecular weight excluding hydrogens is 266 g/mol. The number of hydrogen-bond acceptors (Lipinski definition) is 4. The van der Waals surface area contributed by atoms with Gasteiger partial charge >= 0.3 is 0 Å². The van der Waals surface area contributed by atoms with Crippen LogP contribution in [0.15, 0.2) is 0 Å². The second-order valence-electron chi connectivity index (χ2n) is 5.94. The molecular formula is C15H27N5O. The van der Waals surface area contributed by atoms with E-state index >= 15 is 0 Å². The maximum Gasteiger partial charge on any atom is 0.271 e. The monoisotopic (exact) mass is 293 g/mol. The van der Waals surface area contributed by atoms with E-state index in [4.69, 9.17) is 5.73 Å². The van der Waals surface area contributed by atoms with E-state index in [9.17, 15) is 4.79 Å². The minimum Gasteiger partial charge on any atom is -0.395 e. The average molecular weight is 293 g/mol. The van der Waals surface area contributed by atoms with Crippen molar-refractivity contribution in [3.63, 3.8) is 0 Å². The third-order valence-corrected chi connectivity index (χ3v) is 4.28. The van der Waals surface area contributed by atoms with Gasteiger partial charge < -0.3 is 16.0 Å². The predicted molar refractivity (Wildman–Crippen MR) is 84.2 cm³/mol. The molecule has 0 spiro atoms. The highest BCUT2D eigenvalue weighted by Crippen LogP contribution is 2.17. The molecule has 0 aliphatic carbocycles. The second kappa shape index (κ2) is 6.93. The van der Waals surface area contributed by atoms with Crippen LogP contribution in [0.2, 0.25) is 0 Å². The molecule has 0 aromatic carbocycles. The SMILES string of the molecule is CCn1nc(C)c(N)c1C(=O)NCCN1CCC(C)CC1. The Hall–Kier alpha value is -1.56. The van der Waals surface area contributed by atoms with Crippen molar-refractivity contribution in [1.29, 1.82) is 0 Å². The van der Waals surface area contributed by atoms with E-state index in [1.54, 1.807) is 4.68 Å². The number of nitrogens with two attached hydrogens (primary N) is 1. The summed E-state index contributed by atoms with van der Waals surface area (Å²) in [5, 5.41) is 7.24. The first-order valence-electron chi connectivity index (χ1n) is 7.86. The Bertz CT molecular complexity index is 488. The quantitative estimate of drug-likeness (QED) is 0.857. The van der Waals surface area contributed by atoms with Crippen molar-refractivity contribution in [3.05, 3.63) is 11.4 Å². The van der Waals surface area contributed by atoms with E-state index in [0.29, 0.717) is 30.2 Å². The molecule has 0 saturated carbocycles. The molecule has 6 nitrogen and oxygen atoms in total. The fourth-order valence-electron chi connectivity index (χ4n) is 2.76. The minimum absolute atomic E-state index is 0.125. The van der Waals surface area contributed by atoms with Crippen LogP contribution in [-0.4, -0.2) is 46.8 Å². The average Bonchev–Trinajstić information content (AvgIpc) is 2.76. The molecule has 3 N–H and O–H groups in total. The lowest BCUT2D eigenvalue weighted by atomic mass is 9.99. The van der Waals surface area contributed by atoms with Crippen molar-refractivity contribution in [2.45, 2.75) is 40.2 Å². The van der Waals surface area contributed by atoms with Crippen LogP contribution in [0.5, 0.6) is 0 Å². The number of aromatic nitrogens is 2. The van der Waals surface area contributed by atoms with Crippen LogP contribution in [0.1, 0.15) is 42.9 Å². The van der Waals surface area contributed by atoms with Gasteiger partial charge in [0, 0.05) is 19.6 Å². The zero-order chi connectivity index (χ0) is 15.4. The van der Waals surface area contributed by atoms with E-state index < -0.39 is 0 Å². The number of likely N-dealkylation sites (tertiary alicyclic amines) is 1. The normalized spacial score (nSPS) is 17.1. The summed E-state index contributed by atoms with van der Waals surface area (Å²) in [5.41, 5.74) is 7.65. The third kappa shape index (κ3) is 3.75. The summed E-state index contributed by atoms with van der Waals surface area (Å²) in [7, 11) is 0. The van der Waals surface area contributed by atoms with Gasteiger partial charge in [-0.25, -0.2) is 0 Å². The summed E-state index contributed by atoms with van der Waals surface area (Å²) in [6.07, 6.45) is 2.51. The smallest absolute Gasteiger partial charge is 0.271 e. The van der Waals surface area contributed by atoms with E-state index in [1.165, 1.54) is 12.8 Å². The van der Waals surface area contributed by atoms with Crippen molar-refractivity contribution in [3.8, 4) is 0 Å². The zero-order valence-electron chi connectivity index (χ0n) is 13.4. The topological polar surface area (TPSA) is 76.2 Å². The van der Waals surface area contributed by atoms with E-state index in [0.717, 1.165) is 25.6 Å². The lowest BCUT2D eigenvalue weighted by Gasteiger charge is -2.30. The van der Waals surface area contributed by atoms with Crippen LogP contribution in [0.25, 0.3) is 0 Å². The van der Waals surface area contributed by atoms with Gasteiger partial charge in [0.2, 0.25) is 0 Å². The van der Waals surface area contributed by atoms with Crippen molar-refractivity contribution in [2.24, 2.45) is 5.92 Å². The van der Waals surface area contributed by atoms with E-state index in [2.05, 4.69) is 22.2 Å².